The predicted molar refractivity (Wildman–Crippen MR) is 145 cm³/mol. The molecule has 10 nitrogen and oxygen atoms in total. The number of fused-ring (bicyclic) bond motifs is 1. The van der Waals surface area contributed by atoms with E-state index in [0.29, 0.717) is 23.0 Å². The van der Waals surface area contributed by atoms with Crippen LogP contribution in [0.25, 0.3) is 10.9 Å². The van der Waals surface area contributed by atoms with Gasteiger partial charge >= 0.3 is 6.18 Å². The van der Waals surface area contributed by atoms with Crippen LogP contribution < -0.4 is 27.8 Å². The van der Waals surface area contributed by atoms with Gasteiger partial charge in [-0.15, -0.1) is 0 Å². The molecule has 0 bridgehead atoms. The van der Waals surface area contributed by atoms with E-state index in [0.717, 1.165) is 12.1 Å². The van der Waals surface area contributed by atoms with Crippen molar-refractivity contribution in [2.24, 2.45) is 17.2 Å². The number of nitrogens with zero attached hydrogens (tertiary/aromatic N) is 2. The molecular formula is C27H31F4N7O3. The number of nitrogens with two attached hydrogens (primary N) is 3. The van der Waals surface area contributed by atoms with E-state index in [-0.39, 0.29) is 37.4 Å². The van der Waals surface area contributed by atoms with Crippen LogP contribution in [-0.2, 0) is 20.6 Å². The summed E-state index contributed by atoms with van der Waals surface area (Å²) in [6.07, 6.45) is -5.81. The highest BCUT2D eigenvalue weighted by Gasteiger charge is 2.35. The summed E-state index contributed by atoms with van der Waals surface area (Å²) < 4.78 is 54.7. The number of hydrogen-bond acceptors (Lipinski definition) is 7. The Kier molecular flexibility index (Phi) is 10.7. The van der Waals surface area contributed by atoms with Crippen LogP contribution in [-0.4, -0.2) is 65.9 Å². The van der Waals surface area contributed by atoms with Gasteiger partial charge in [-0.2, -0.15) is 13.2 Å². The Labute approximate surface area is 233 Å². The van der Waals surface area contributed by atoms with Crippen LogP contribution in [0.5, 0.6) is 0 Å². The molecule has 0 radical (unpaired) electrons. The van der Waals surface area contributed by atoms with Crippen molar-refractivity contribution in [3.8, 4) is 0 Å². The summed E-state index contributed by atoms with van der Waals surface area (Å²) in [7, 11) is 0. The molecule has 3 rings (SSSR count). The molecule has 0 aliphatic heterocycles. The van der Waals surface area contributed by atoms with Gasteiger partial charge in [0.25, 0.3) is 0 Å². The molecule has 0 spiro atoms. The van der Waals surface area contributed by atoms with Gasteiger partial charge in [0.05, 0.1) is 23.5 Å². The number of alkyl halides is 4. The number of carbonyl (C=O) groups is 3. The number of halogens is 4. The van der Waals surface area contributed by atoms with Gasteiger partial charge in [-0.05, 0) is 42.0 Å². The second-order valence-corrected chi connectivity index (χ2v) is 9.18. The first-order valence-electron chi connectivity index (χ1n) is 12.6. The zero-order valence-electron chi connectivity index (χ0n) is 21.9. The Hall–Kier alpha value is -4.14. The van der Waals surface area contributed by atoms with Gasteiger partial charge in [0, 0.05) is 43.4 Å². The highest BCUT2D eigenvalue weighted by atomic mass is 19.4. The number of amides is 3. The van der Waals surface area contributed by atoms with Gasteiger partial charge in [-0.25, -0.2) is 4.39 Å². The number of nitrogens with one attached hydrogen (secondary N) is 2. The highest BCUT2D eigenvalue weighted by Crippen LogP contribution is 2.31. The third-order valence-electron chi connectivity index (χ3n) is 6.18. The largest absolute Gasteiger partial charge is 0.416 e. The van der Waals surface area contributed by atoms with Crippen molar-refractivity contribution in [3.63, 3.8) is 0 Å². The van der Waals surface area contributed by atoms with Gasteiger partial charge in [0.1, 0.15) is 6.04 Å². The molecule has 2 aromatic carbocycles. The maximum absolute atomic E-state index is 15.7. The Bertz CT molecular complexity index is 1350. The van der Waals surface area contributed by atoms with Gasteiger partial charge in [-0.1, -0.05) is 18.2 Å². The van der Waals surface area contributed by atoms with Crippen molar-refractivity contribution in [3.05, 3.63) is 71.9 Å². The van der Waals surface area contributed by atoms with Crippen molar-refractivity contribution < 1.29 is 31.9 Å². The van der Waals surface area contributed by atoms with Crippen LogP contribution in [0.1, 0.15) is 23.7 Å². The van der Waals surface area contributed by atoms with Gasteiger partial charge < -0.3 is 32.7 Å². The standard InChI is InChI=1S/C27H31F4N7O3/c28-23(16-3-5-18(6-4-16)27(29,30)31)24(26(41)36-19-7-8-21-17(14-19)2-1-11-35-21)37-25(40)20(34)15-22(39)38(12-9-32)13-10-33/h1-8,11,14,20,23-24H,9-10,12-13,15,32-34H2,(H,36,41)(H,37,40). The molecule has 0 aliphatic carbocycles. The van der Waals surface area contributed by atoms with Crippen molar-refractivity contribution in [2.45, 2.75) is 30.9 Å². The molecule has 3 amide bonds. The summed E-state index contributed by atoms with van der Waals surface area (Å²) in [5, 5.41) is 5.40. The maximum Gasteiger partial charge on any atom is 0.416 e. The molecule has 1 heterocycles. The van der Waals surface area contributed by atoms with E-state index >= 15 is 4.39 Å². The Morgan fingerprint density at radius 2 is 1.61 bits per heavy atom. The van der Waals surface area contributed by atoms with Gasteiger partial charge in [0.2, 0.25) is 17.7 Å². The molecule has 0 saturated heterocycles. The van der Waals surface area contributed by atoms with E-state index in [9.17, 15) is 27.6 Å². The number of carbonyl (C=O) groups excluding carboxylic acids is 3. The SMILES string of the molecule is NCCN(CCN)C(=O)CC(N)C(=O)NC(C(=O)Nc1ccc2ncccc2c1)C(F)c1ccc(C(F)(F)F)cc1. The van der Waals surface area contributed by atoms with Crippen molar-refractivity contribution in [1.82, 2.24) is 15.2 Å². The minimum atomic E-state index is -4.65. The monoisotopic (exact) mass is 577 g/mol. The van der Waals surface area contributed by atoms with Crippen molar-refractivity contribution >= 4 is 34.3 Å². The molecule has 3 aromatic rings. The summed E-state index contributed by atoms with van der Waals surface area (Å²) in [5.41, 5.74) is 16.5. The summed E-state index contributed by atoms with van der Waals surface area (Å²) in [4.78, 5) is 44.2. The fourth-order valence-electron chi connectivity index (χ4n) is 4.04. The Morgan fingerprint density at radius 1 is 0.951 bits per heavy atom. The second kappa shape index (κ2) is 14.0. The number of aromatic nitrogens is 1. The van der Waals surface area contributed by atoms with Gasteiger partial charge in [-0.3, -0.25) is 19.4 Å². The lowest BCUT2D eigenvalue weighted by Crippen LogP contribution is -2.53. The Morgan fingerprint density at radius 3 is 2.22 bits per heavy atom. The van der Waals surface area contributed by atoms with E-state index < -0.39 is 54.1 Å². The molecular weight excluding hydrogens is 546 g/mol. The summed E-state index contributed by atoms with van der Waals surface area (Å²) in [6.45, 7) is 0.655. The quantitative estimate of drug-likeness (QED) is 0.205. The first kappa shape index (κ1) is 31.4. The molecule has 220 valence electrons. The number of anilines is 1. The number of rotatable bonds is 12. The lowest BCUT2D eigenvalue weighted by atomic mass is 10.00. The summed E-state index contributed by atoms with van der Waals surface area (Å²) in [5.74, 6) is -2.54. The maximum atomic E-state index is 15.7. The van der Waals surface area contributed by atoms with E-state index in [2.05, 4.69) is 15.6 Å². The molecule has 0 fully saturated rings. The zero-order valence-corrected chi connectivity index (χ0v) is 21.9. The lowest BCUT2D eigenvalue weighted by Gasteiger charge is -2.25. The number of hydrogen-bond donors (Lipinski definition) is 5. The van der Waals surface area contributed by atoms with Crippen LogP contribution in [0.2, 0.25) is 0 Å². The molecule has 8 N–H and O–H groups in total. The smallest absolute Gasteiger partial charge is 0.340 e. The average Bonchev–Trinajstić information content (AvgIpc) is 2.94. The third kappa shape index (κ3) is 8.42. The van der Waals surface area contributed by atoms with Crippen LogP contribution in [0.15, 0.2) is 60.8 Å². The molecule has 3 atom stereocenters. The van der Waals surface area contributed by atoms with Crippen molar-refractivity contribution in [2.75, 3.05) is 31.5 Å². The summed E-state index contributed by atoms with van der Waals surface area (Å²) >= 11 is 0. The minimum Gasteiger partial charge on any atom is -0.340 e. The van der Waals surface area contributed by atoms with E-state index in [1.54, 1.807) is 30.5 Å². The van der Waals surface area contributed by atoms with Crippen molar-refractivity contribution in [1.29, 1.82) is 0 Å². The average molecular weight is 578 g/mol. The number of benzene rings is 2. The molecule has 1 aromatic heterocycles. The van der Waals surface area contributed by atoms with Crippen LogP contribution in [0, 0.1) is 0 Å². The lowest BCUT2D eigenvalue weighted by molar-refractivity contribution is -0.137. The molecule has 0 aliphatic rings. The molecule has 41 heavy (non-hydrogen) atoms. The van der Waals surface area contributed by atoms with Crippen LogP contribution in [0.3, 0.4) is 0 Å². The van der Waals surface area contributed by atoms with Crippen LogP contribution in [0.4, 0.5) is 23.2 Å². The highest BCUT2D eigenvalue weighted by molar-refractivity contribution is 6.00. The summed E-state index contributed by atoms with van der Waals surface area (Å²) in [6, 6.07) is 7.87. The Balaban J connectivity index is 1.83. The molecule has 0 saturated carbocycles. The first-order chi connectivity index (χ1) is 19.4. The third-order valence-corrected chi connectivity index (χ3v) is 6.18. The molecule has 14 heteroatoms. The fraction of sp³-hybridized carbons (Fsp3) is 0.333. The first-order valence-corrected chi connectivity index (χ1v) is 12.6. The van der Waals surface area contributed by atoms with E-state index in [1.807, 2.05) is 0 Å². The van der Waals surface area contributed by atoms with E-state index in [4.69, 9.17) is 17.2 Å². The second-order valence-electron chi connectivity index (χ2n) is 9.18. The van der Waals surface area contributed by atoms with E-state index in [1.165, 1.54) is 11.0 Å². The molecule has 3 unspecified atom stereocenters. The zero-order chi connectivity index (χ0) is 30.2. The van der Waals surface area contributed by atoms with Gasteiger partial charge in [0.15, 0.2) is 6.17 Å². The van der Waals surface area contributed by atoms with Crippen LogP contribution >= 0.6 is 0 Å². The minimum absolute atomic E-state index is 0.150. The fourth-order valence-corrected chi connectivity index (χ4v) is 4.04. The predicted octanol–water partition coefficient (Wildman–Crippen LogP) is 1.85. The number of pyridine rings is 1. The topological polar surface area (TPSA) is 169 Å². The normalized spacial score (nSPS) is 13.7.